The second-order valence-corrected chi connectivity index (χ2v) is 4.68. The third-order valence-corrected chi connectivity index (χ3v) is 3.26. The summed E-state index contributed by atoms with van der Waals surface area (Å²) in [5.41, 5.74) is 5.11. The van der Waals surface area contributed by atoms with Gasteiger partial charge in [-0.1, -0.05) is 24.3 Å². The largest absolute Gasteiger partial charge is 0.494 e. The molecule has 0 spiro atoms. The van der Waals surface area contributed by atoms with E-state index in [9.17, 15) is 0 Å². The maximum atomic E-state index is 5.51. The quantitative estimate of drug-likeness (QED) is 0.859. The number of ether oxygens (including phenoxy) is 1. The van der Waals surface area contributed by atoms with E-state index < -0.39 is 0 Å². The van der Waals surface area contributed by atoms with Gasteiger partial charge in [-0.25, -0.2) is 0 Å². The molecule has 0 unspecified atom stereocenters. The van der Waals surface area contributed by atoms with Gasteiger partial charge < -0.3 is 10.1 Å². The summed E-state index contributed by atoms with van der Waals surface area (Å²) >= 11 is 0. The van der Waals surface area contributed by atoms with Crippen molar-refractivity contribution in [1.29, 1.82) is 0 Å². The molecule has 0 bridgehead atoms. The second-order valence-electron chi connectivity index (χ2n) is 4.68. The summed E-state index contributed by atoms with van der Waals surface area (Å²) in [7, 11) is 0. The van der Waals surface area contributed by atoms with E-state index in [1.54, 1.807) is 0 Å². The number of hydrogen-bond acceptors (Lipinski definition) is 2. The lowest BCUT2D eigenvalue weighted by Gasteiger charge is -2.12. The maximum absolute atomic E-state index is 5.51. The third kappa shape index (κ3) is 3.50. The molecule has 0 aliphatic heterocycles. The molecule has 0 atom stereocenters. The highest BCUT2D eigenvalue weighted by Crippen LogP contribution is 2.20. The van der Waals surface area contributed by atoms with E-state index in [2.05, 4.69) is 43.4 Å². The summed E-state index contributed by atoms with van der Waals surface area (Å²) in [5, 5.41) is 3.46. The zero-order valence-corrected chi connectivity index (χ0v) is 11.9. The molecule has 2 aromatic carbocycles. The molecule has 0 aliphatic carbocycles. The van der Waals surface area contributed by atoms with Crippen LogP contribution in [0.4, 0.5) is 5.69 Å². The van der Waals surface area contributed by atoms with E-state index in [4.69, 9.17) is 4.74 Å². The van der Waals surface area contributed by atoms with Crippen molar-refractivity contribution in [2.45, 2.75) is 27.3 Å². The van der Waals surface area contributed by atoms with Gasteiger partial charge in [0, 0.05) is 18.3 Å². The number of hydrogen-bond donors (Lipinski definition) is 1. The van der Waals surface area contributed by atoms with Gasteiger partial charge >= 0.3 is 0 Å². The molecule has 100 valence electrons. The second kappa shape index (κ2) is 6.28. The first-order valence-corrected chi connectivity index (χ1v) is 6.72. The van der Waals surface area contributed by atoms with Gasteiger partial charge in [-0.15, -0.1) is 0 Å². The van der Waals surface area contributed by atoms with Crippen molar-refractivity contribution in [2.24, 2.45) is 0 Å². The Kier molecular flexibility index (Phi) is 4.45. The Morgan fingerprint density at radius 3 is 2.37 bits per heavy atom. The zero-order valence-electron chi connectivity index (χ0n) is 11.9. The Balaban J connectivity index is 2.08. The normalized spacial score (nSPS) is 10.3. The molecule has 0 saturated carbocycles. The van der Waals surface area contributed by atoms with E-state index in [-0.39, 0.29) is 0 Å². The van der Waals surface area contributed by atoms with Crippen molar-refractivity contribution in [3.8, 4) is 5.75 Å². The van der Waals surface area contributed by atoms with Gasteiger partial charge in [-0.05, 0) is 49.6 Å². The fraction of sp³-hybridized carbons (Fsp3) is 0.294. The van der Waals surface area contributed by atoms with E-state index in [1.807, 2.05) is 25.1 Å². The molecule has 0 saturated heterocycles. The smallest absolute Gasteiger partial charge is 0.121 e. The molecule has 0 aliphatic rings. The van der Waals surface area contributed by atoms with Crippen molar-refractivity contribution in [1.82, 2.24) is 0 Å². The average molecular weight is 255 g/mol. The molecule has 0 heterocycles. The van der Waals surface area contributed by atoms with Crippen molar-refractivity contribution >= 4 is 5.69 Å². The van der Waals surface area contributed by atoms with Crippen molar-refractivity contribution in [3.05, 3.63) is 59.2 Å². The average Bonchev–Trinajstić information content (AvgIpc) is 2.39. The van der Waals surface area contributed by atoms with Crippen molar-refractivity contribution in [3.63, 3.8) is 0 Å². The van der Waals surface area contributed by atoms with E-state index in [0.29, 0.717) is 6.61 Å². The Labute approximate surface area is 115 Å². The highest BCUT2D eigenvalue weighted by molar-refractivity contribution is 5.49. The van der Waals surface area contributed by atoms with Gasteiger partial charge in [0.15, 0.2) is 0 Å². The van der Waals surface area contributed by atoms with Crippen LogP contribution in [0.5, 0.6) is 5.75 Å². The van der Waals surface area contributed by atoms with Crippen LogP contribution in [0.1, 0.15) is 23.6 Å². The predicted molar refractivity (Wildman–Crippen MR) is 80.9 cm³/mol. The molecular formula is C17H21NO. The van der Waals surface area contributed by atoms with Gasteiger partial charge in [0.2, 0.25) is 0 Å². The first-order chi connectivity index (χ1) is 9.20. The minimum Gasteiger partial charge on any atom is -0.494 e. The molecule has 1 N–H and O–H groups in total. The lowest BCUT2D eigenvalue weighted by Crippen LogP contribution is -2.03. The monoisotopic (exact) mass is 255 g/mol. The molecule has 2 aromatic rings. The first kappa shape index (κ1) is 13.5. The molecule has 19 heavy (non-hydrogen) atoms. The van der Waals surface area contributed by atoms with Crippen LogP contribution in [-0.2, 0) is 6.54 Å². The Bertz CT molecular complexity index is 528. The fourth-order valence-corrected chi connectivity index (χ4v) is 2.18. The number of nitrogens with one attached hydrogen (secondary N) is 1. The van der Waals surface area contributed by atoms with Crippen LogP contribution < -0.4 is 10.1 Å². The van der Waals surface area contributed by atoms with Gasteiger partial charge in [0.25, 0.3) is 0 Å². The lowest BCUT2D eigenvalue weighted by molar-refractivity contribution is 0.340. The fourth-order valence-electron chi connectivity index (χ4n) is 2.18. The van der Waals surface area contributed by atoms with Gasteiger partial charge in [0.1, 0.15) is 5.75 Å². The SMILES string of the molecule is CCOc1cccc(NCc2c(C)cccc2C)c1. The van der Waals surface area contributed by atoms with Crippen LogP contribution in [0.15, 0.2) is 42.5 Å². The van der Waals surface area contributed by atoms with E-state index in [1.165, 1.54) is 16.7 Å². The van der Waals surface area contributed by atoms with Gasteiger partial charge in [-0.2, -0.15) is 0 Å². The van der Waals surface area contributed by atoms with Crippen LogP contribution in [0.2, 0.25) is 0 Å². The first-order valence-electron chi connectivity index (χ1n) is 6.72. The van der Waals surface area contributed by atoms with Crippen LogP contribution in [0, 0.1) is 13.8 Å². The Morgan fingerprint density at radius 2 is 1.68 bits per heavy atom. The highest BCUT2D eigenvalue weighted by atomic mass is 16.5. The highest BCUT2D eigenvalue weighted by Gasteiger charge is 2.02. The van der Waals surface area contributed by atoms with E-state index >= 15 is 0 Å². The summed E-state index contributed by atoms with van der Waals surface area (Å²) < 4.78 is 5.51. The summed E-state index contributed by atoms with van der Waals surface area (Å²) in [4.78, 5) is 0. The molecular weight excluding hydrogens is 234 g/mol. The van der Waals surface area contributed by atoms with Crippen LogP contribution in [0.3, 0.4) is 0 Å². The summed E-state index contributed by atoms with van der Waals surface area (Å²) in [6, 6.07) is 14.5. The van der Waals surface area contributed by atoms with Gasteiger partial charge in [-0.3, -0.25) is 0 Å². The molecule has 2 rings (SSSR count). The molecule has 0 aromatic heterocycles. The number of benzene rings is 2. The number of anilines is 1. The van der Waals surface area contributed by atoms with Crippen molar-refractivity contribution in [2.75, 3.05) is 11.9 Å². The lowest BCUT2D eigenvalue weighted by atomic mass is 10.0. The van der Waals surface area contributed by atoms with Gasteiger partial charge in [0.05, 0.1) is 6.61 Å². The minimum absolute atomic E-state index is 0.695. The number of rotatable bonds is 5. The van der Waals surface area contributed by atoms with Crippen LogP contribution in [0.25, 0.3) is 0 Å². The summed E-state index contributed by atoms with van der Waals surface area (Å²) in [5.74, 6) is 0.911. The Hall–Kier alpha value is -1.96. The Morgan fingerprint density at radius 1 is 1.00 bits per heavy atom. The molecule has 0 radical (unpaired) electrons. The molecule has 0 amide bonds. The summed E-state index contributed by atoms with van der Waals surface area (Å²) in [6.07, 6.45) is 0. The standard InChI is InChI=1S/C17H21NO/c1-4-19-16-10-6-9-15(11-16)18-12-17-13(2)7-5-8-14(17)3/h5-11,18H,4,12H2,1-3H3. The van der Waals surface area contributed by atoms with Crippen LogP contribution >= 0.6 is 0 Å². The topological polar surface area (TPSA) is 21.3 Å². The summed E-state index contributed by atoms with van der Waals surface area (Å²) in [6.45, 7) is 7.84. The molecule has 2 nitrogen and oxygen atoms in total. The zero-order chi connectivity index (χ0) is 13.7. The minimum atomic E-state index is 0.695. The number of aryl methyl sites for hydroxylation is 2. The van der Waals surface area contributed by atoms with Crippen LogP contribution in [-0.4, -0.2) is 6.61 Å². The maximum Gasteiger partial charge on any atom is 0.121 e. The third-order valence-electron chi connectivity index (χ3n) is 3.26. The predicted octanol–water partition coefficient (Wildman–Crippen LogP) is 4.31. The van der Waals surface area contributed by atoms with E-state index in [0.717, 1.165) is 18.0 Å². The molecule has 2 heteroatoms. The molecule has 0 fully saturated rings. The van der Waals surface area contributed by atoms with Crippen molar-refractivity contribution < 1.29 is 4.74 Å².